The van der Waals surface area contributed by atoms with Crippen molar-refractivity contribution >= 4 is 11.9 Å². The normalized spacial score (nSPS) is 17.8. The Hall–Kier alpha value is -2.50. The summed E-state index contributed by atoms with van der Waals surface area (Å²) >= 11 is 0. The second-order valence-corrected chi connectivity index (χ2v) is 5.87. The van der Waals surface area contributed by atoms with E-state index in [0.29, 0.717) is 18.2 Å². The minimum Gasteiger partial charge on any atom is -0.339 e. The van der Waals surface area contributed by atoms with Gasteiger partial charge in [0.2, 0.25) is 5.95 Å². The monoisotopic (exact) mass is 311 g/mol. The molecule has 120 valence electrons. The first kappa shape index (κ1) is 15.4. The van der Waals surface area contributed by atoms with E-state index in [1.165, 1.54) is 0 Å². The molecule has 0 radical (unpaired) electrons. The van der Waals surface area contributed by atoms with E-state index in [0.717, 1.165) is 25.1 Å². The lowest BCUT2D eigenvalue weighted by Crippen LogP contribution is -2.49. The molecule has 3 rings (SSSR count). The van der Waals surface area contributed by atoms with Gasteiger partial charge in [0.15, 0.2) is 0 Å². The molecule has 1 atom stereocenters. The number of piperidine rings is 1. The van der Waals surface area contributed by atoms with Gasteiger partial charge in [0.05, 0.1) is 0 Å². The highest BCUT2D eigenvalue weighted by atomic mass is 16.2. The Bertz CT molecular complexity index is 676. The van der Waals surface area contributed by atoms with E-state index < -0.39 is 0 Å². The molecule has 1 amide bonds. The molecular weight excluding hydrogens is 290 g/mol. The van der Waals surface area contributed by atoms with Crippen molar-refractivity contribution in [2.45, 2.75) is 25.8 Å². The molecule has 2 aromatic heterocycles. The number of hydrogen-bond donors (Lipinski definition) is 0. The van der Waals surface area contributed by atoms with Crippen LogP contribution in [0, 0.1) is 6.92 Å². The fraction of sp³-hybridized carbons (Fsp3) is 0.412. The first-order valence-electron chi connectivity index (χ1n) is 7.88. The number of carbonyl (C=O) groups is 1. The second-order valence-electron chi connectivity index (χ2n) is 5.87. The largest absolute Gasteiger partial charge is 0.339 e. The highest BCUT2D eigenvalue weighted by molar-refractivity contribution is 5.92. The predicted octanol–water partition coefficient (Wildman–Crippen LogP) is 1.92. The maximum absolute atomic E-state index is 12.6. The molecule has 6 heteroatoms. The van der Waals surface area contributed by atoms with E-state index in [-0.39, 0.29) is 11.9 Å². The fourth-order valence-electron chi connectivity index (χ4n) is 2.88. The predicted molar refractivity (Wildman–Crippen MR) is 88.3 cm³/mol. The molecular formula is C17H21N5O. The van der Waals surface area contributed by atoms with Gasteiger partial charge >= 0.3 is 0 Å². The molecule has 0 saturated carbocycles. The van der Waals surface area contributed by atoms with Crippen molar-refractivity contribution < 1.29 is 4.79 Å². The van der Waals surface area contributed by atoms with Gasteiger partial charge in [-0.15, -0.1) is 0 Å². The minimum absolute atomic E-state index is 0.00568. The molecule has 0 aromatic carbocycles. The van der Waals surface area contributed by atoms with Crippen molar-refractivity contribution in [3.05, 3.63) is 48.0 Å². The molecule has 3 heterocycles. The highest BCUT2D eigenvalue weighted by Gasteiger charge is 2.28. The van der Waals surface area contributed by atoms with Crippen LogP contribution in [-0.4, -0.2) is 51.9 Å². The molecule has 0 N–H and O–H groups in total. The van der Waals surface area contributed by atoms with Crippen LogP contribution in [0.1, 0.15) is 29.0 Å². The number of pyridine rings is 1. The summed E-state index contributed by atoms with van der Waals surface area (Å²) in [6.45, 7) is 3.40. The number of likely N-dealkylation sites (tertiary alicyclic amines) is 1. The number of hydrogen-bond acceptors (Lipinski definition) is 5. The number of likely N-dealkylation sites (N-methyl/N-ethyl adjacent to an activating group) is 1. The first-order chi connectivity index (χ1) is 11.1. The molecule has 1 aliphatic heterocycles. The van der Waals surface area contributed by atoms with E-state index in [2.05, 4.69) is 19.9 Å². The molecule has 23 heavy (non-hydrogen) atoms. The van der Waals surface area contributed by atoms with Gasteiger partial charge < -0.3 is 9.80 Å². The van der Waals surface area contributed by atoms with Crippen LogP contribution in [0.3, 0.4) is 0 Å². The van der Waals surface area contributed by atoms with Crippen molar-refractivity contribution in [3.8, 4) is 0 Å². The van der Waals surface area contributed by atoms with Crippen molar-refractivity contribution in [2.24, 2.45) is 0 Å². The Morgan fingerprint density at radius 1 is 1.26 bits per heavy atom. The van der Waals surface area contributed by atoms with Crippen molar-refractivity contribution in [1.29, 1.82) is 0 Å². The van der Waals surface area contributed by atoms with Crippen LogP contribution in [0.2, 0.25) is 0 Å². The van der Waals surface area contributed by atoms with Gasteiger partial charge in [-0.2, -0.15) is 0 Å². The van der Waals surface area contributed by atoms with Crippen LogP contribution < -0.4 is 4.90 Å². The zero-order valence-corrected chi connectivity index (χ0v) is 13.5. The number of aryl methyl sites for hydroxylation is 1. The number of carbonyl (C=O) groups excluding carboxylic acids is 1. The molecule has 0 bridgehead atoms. The first-order valence-corrected chi connectivity index (χ1v) is 7.88. The third-order valence-corrected chi connectivity index (χ3v) is 4.21. The Morgan fingerprint density at radius 3 is 2.87 bits per heavy atom. The quantitative estimate of drug-likeness (QED) is 0.866. The lowest BCUT2D eigenvalue weighted by Gasteiger charge is -2.37. The van der Waals surface area contributed by atoms with Gasteiger partial charge in [0.25, 0.3) is 5.91 Å². The average molecular weight is 311 g/mol. The summed E-state index contributed by atoms with van der Waals surface area (Å²) in [6.07, 6.45) is 5.42. The Kier molecular flexibility index (Phi) is 4.50. The SMILES string of the molecule is Cc1ccnc(N(C)C2CCCN(C(=O)c3ccccn3)C2)n1. The van der Waals surface area contributed by atoms with Crippen molar-refractivity contribution in [1.82, 2.24) is 19.9 Å². The highest BCUT2D eigenvalue weighted by Crippen LogP contribution is 2.19. The van der Waals surface area contributed by atoms with E-state index in [9.17, 15) is 4.79 Å². The standard InChI is InChI=1S/C17H21N5O/c1-13-8-10-19-17(20-13)21(2)14-6-5-11-22(12-14)16(23)15-7-3-4-9-18-15/h3-4,7-10,14H,5-6,11-12H2,1-2H3. The fourth-order valence-corrected chi connectivity index (χ4v) is 2.88. The smallest absolute Gasteiger partial charge is 0.272 e. The van der Waals surface area contributed by atoms with Crippen molar-refractivity contribution in [3.63, 3.8) is 0 Å². The summed E-state index contributed by atoms with van der Waals surface area (Å²) in [5.74, 6) is 0.705. The van der Waals surface area contributed by atoms with E-state index in [1.54, 1.807) is 18.5 Å². The van der Waals surface area contributed by atoms with Crippen molar-refractivity contribution in [2.75, 3.05) is 25.0 Å². The number of anilines is 1. The number of rotatable bonds is 3. The summed E-state index contributed by atoms with van der Waals surface area (Å²) in [5, 5.41) is 0. The van der Waals surface area contributed by atoms with Gasteiger partial charge in [-0.25, -0.2) is 9.97 Å². The van der Waals surface area contributed by atoms with Crippen LogP contribution in [-0.2, 0) is 0 Å². The molecule has 1 aliphatic rings. The second kappa shape index (κ2) is 6.73. The molecule has 1 unspecified atom stereocenters. The van der Waals surface area contributed by atoms with Gasteiger partial charge in [0, 0.05) is 44.3 Å². The van der Waals surface area contributed by atoms with Gasteiger partial charge in [-0.05, 0) is 38.0 Å². The van der Waals surface area contributed by atoms with E-state index in [4.69, 9.17) is 0 Å². The maximum atomic E-state index is 12.6. The average Bonchev–Trinajstić information content (AvgIpc) is 2.61. The maximum Gasteiger partial charge on any atom is 0.272 e. The zero-order valence-electron chi connectivity index (χ0n) is 13.5. The molecule has 0 spiro atoms. The minimum atomic E-state index is -0.00568. The van der Waals surface area contributed by atoms with Gasteiger partial charge in [0.1, 0.15) is 5.69 Å². The summed E-state index contributed by atoms with van der Waals surface area (Å²) in [5.41, 5.74) is 1.45. The van der Waals surface area contributed by atoms with E-state index in [1.807, 2.05) is 37.1 Å². The Morgan fingerprint density at radius 2 is 2.13 bits per heavy atom. The molecule has 0 aliphatic carbocycles. The third-order valence-electron chi connectivity index (χ3n) is 4.21. The Balaban J connectivity index is 1.72. The summed E-state index contributed by atoms with van der Waals surface area (Å²) in [6, 6.07) is 7.53. The van der Waals surface area contributed by atoms with Gasteiger partial charge in [-0.3, -0.25) is 9.78 Å². The summed E-state index contributed by atoms with van der Waals surface area (Å²) < 4.78 is 0. The van der Waals surface area contributed by atoms with Crippen LogP contribution in [0.15, 0.2) is 36.7 Å². The number of nitrogens with zero attached hydrogens (tertiary/aromatic N) is 5. The molecule has 2 aromatic rings. The number of aromatic nitrogens is 3. The number of amides is 1. The third kappa shape index (κ3) is 3.47. The van der Waals surface area contributed by atoms with Crippen LogP contribution in [0.4, 0.5) is 5.95 Å². The lowest BCUT2D eigenvalue weighted by atomic mass is 10.0. The van der Waals surface area contributed by atoms with Crippen LogP contribution >= 0.6 is 0 Å². The van der Waals surface area contributed by atoms with Gasteiger partial charge in [-0.1, -0.05) is 6.07 Å². The molecule has 1 saturated heterocycles. The zero-order chi connectivity index (χ0) is 16.2. The molecule has 6 nitrogen and oxygen atoms in total. The van der Waals surface area contributed by atoms with Crippen LogP contribution in [0.25, 0.3) is 0 Å². The van der Waals surface area contributed by atoms with E-state index >= 15 is 0 Å². The summed E-state index contributed by atoms with van der Waals surface area (Å²) in [7, 11) is 1.99. The summed E-state index contributed by atoms with van der Waals surface area (Å²) in [4.78, 5) is 29.5. The molecule has 1 fully saturated rings. The Labute approximate surface area is 136 Å². The van der Waals surface area contributed by atoms with Crippen LogP contribution in [0.5, 0.6) is 0 Å². The lowest BCUT2D eigenvalue weighted by molar-refractivity contribution is 0.0701. The topological polar surface area (TPSA) is 62.2 Å².